The Bertz CT molecular complexity index is 872. The van der Waals surface area contributed by atoms with Crippen LogP contribution in [-0.2, 0) is 19.3 Å². The molecule has 0 unspecified atom stereocenters. The van der Waals surface area contributed by atoms with Gasteiger partial charge in [0, 0.05) is 24.7 Å². The van der Waals surface area contributed by atoms with E-state index in [2.05, 4.69) is 31.1 Å². The van der Waals surface area contributed by atoms with E-state index in [0.717, 1.165) is 21.2 Å². The lowest BCUT2D eigenvalue weighted by atomic mass is 10.0. The quantitative estimate of drug-likeness (QED) is 0.377. The summed E-state index contributed by atoms with van der Waals surface area (Å²) < 4.78 is 1.02. The SMILES string of the molecule is CC(=O)O/N=C(/C/C(C)=N/OC(C)=O)c1ccc(-c2ccc(Br)cc2)cc1. The van der Waals surface area contributed by atoms with Crippen LogP contribution in [0.2, 0.25) is 0 Å². The summed E-state index contributed by atoms with van der Waals surface area (Å²) in [5.41, 5.74) is 3.92. The average molecular weight is 431 g/mol. The van der Waals surface area contributed by atoms with Gasteiger partial charge in [-0.05, 0) is 35.7 Å². The van der Waals surface area contributed by atoms with Crippen molar-refractivity contribution in [2.45, 2.75) is 27.2 Å². The summed E-state index contributed by atoms with van der Waals surface area (Å²) in [7, 11) is 0. The van der Waals surface area contributed by atoms with Crippen LogP contribution in [0.15, 0.2) is 63.3 Å². The zero-order chi connectivity index (χ0) is 19.8. The van der Waals surface area contributed by atoms with Crippen LogP contribution < -0.4 is 0 Å². The molecule has 7 heteroatoms. The normalized spacial score (nSPS) is 11.9. The molecule has 0 N–H and O–H groups in total. The second-order valence-corrected chi connectivity index (χ2v) is 6.71. The number of benzene rings is 2. The third-order valence-corrected chi connectivity index (χ3v) is 3.96. The van der Waals surface area contributed by atoms with E-state index in [1.807, 2.05) is 48.5 Å². The van der Waals surface area contributed by atoms with Crippen LogP contribution >= 0.6 is 15.9 Å². The monoisotopic (exact) mass is 430 g/mol. The number of hydrogen-bond donors (Lipinski definition) is 0. The van der Waals surface area contributed by atoms with Gasteiger partial charge in [0.15, 0.2) is 0 Å². The second-order valence-electron chi connectivity index (χ2n) is 5.79. The number of halogens is 1. The molecule has 2 aromatic rings. The molecular weight excluding hydrogens is 412 g/mol. The van der Waals surface area contributed by atoms with Crippen molar-refractivity contribution in [3.63, 3.8) is 0 Å². The van der Waals surface area contributed by atoms with Gasteiger partial charge in [0.2, 0.25) is 0 Å². The molecule has 0 saturated heterocycles. The fraction of sp³-hybridized carbons (Fsp3) is 0.200. The highest BCUT2D eigenvalue weighted by molar-refractivity contribution is 9.10. The minimum absolute atomic E-state index is 0.262. The molecule has 0 atom stereocenters. The average Bonchev–Trinajstić information content (AvgIpc) is 2.64. The van der Waals surface area contributed by atoms with Crippen molar-refractivity contribution in [3.05, 3.63) is 58.6 Å². The number of oxime groups is 2. The molecule has 0 aromatic heterocycles. The van der Waals surface area contributed by atoms with E-state index >= 15 is 0 Å². The van der Waals surface area contributed by atoms with Crippen LogP contribution in [0.4, 0.5) is 0 Å². The van der Waals surface area contributed by atoms with E-state index < -0.39 is 11.9 Å². The van der Waals surface area contributed by atoms with Crippen molar-refractivity contribution in [1.82, 2.24) is 0 Å². The highest BCUT2D eigenvalue weighted by Gasteiger charge is 2.10. The number of carbonyl (C=O) groups excluding carboxylic acids is 2. The third-order valence-electron chi connectivity index (χ3n) is 3.43. The minimum atomic E-state index is -0.520. The molecule has 140 valence electrons. The van der Waals surface area contributed by atoms with Gasteiger partial charge in [-0.15, -0.1) is 0 Å². The molecule has 2 rings (SSSR count). The first-order valence-electron chi connectivity index (χ1n) is 8.17. The van der Waals surface area contributed by atoms with Gasteiger partial charge in [-0.25, -0.2) is 9.59 Å². The number of carbonyl (C=O) groups is 2. The Labute approximate surface area is 166 Å². The van der Waals surface area contributed by atoms with Gasteiger partial charge in [0.05, 0.1) is 11.4 Å². The van der Waals surface area contributed by atoms with Gasteiger partial charge in [-0.2, -0.15) is 0 Å². The topological polar surface area (TPSA) is 77.3 Å². The van der Waals surface area contributed by atoms with Crippen molar-refractivity contribution < 1.29 is 19.3 Å². The lowest BCUT2D eigenvalue weighted by molar-refractivity contribution is -0.141. The predicted octanol–water partition coefficient (Wildman–Crippen LogP) is 4.71. The first-order chi connectivity index (χ1) is 12.8. The first-order valence-corrected chi connectivity index (χ1v) is 8.96. The van der Waals surface area contributed by atoms with E-state index in [-0.39, 0.29) is 6.42 Å². The zero-order valence-corrected chi connectivity index (χ0v) is 16.8. The molecule has 27 heavy (non-hydrogen) atoms. The van der Waals surface area contributed by atoms with Gasteiger partial charge in [0.25, 0.3) is 0 Å². The number of rotatable bonds is 6. The predicted molar refractivity (Wildman–Crippen MR) is 107 cm³/mol. The molecule has 0 aliphatic rings. The van der Waals surface area contributed by atoms with E-state index in [9.17, 15) is 9.59 Å². The van der Waals surface area contributed by atoms with Crippen molar-refractivity contribution >= 4 is 39.3 Å². The zero-order valence-electron chi connectivity index (χ0n) is 15.2. The maximum absolute atomic E-state index is 11.1. The Morgan fingerprint density at radius 1 is 0.815 bits per heavy atom. The van der Waals surface area contributed by atoms with Crippen LogP contribution in [-0.4, -0.2) is 23.4 Å². The van der Waals surface area contributed by atoms with Crippen molar-refractivity contribution in [1.29, 1.82) is 0 Å². The Morgan fingerprint density at radius 3 is 1.81 bits per heavy atom. The maximum Gasteiger partial charge on any atom is 0.331 e. The molecule has 0 aliphatic heterocycles. The third kappa shape index (κ3) is 6.79. The molecule has 0 bridgehead atoms. The summed E-state index contributed by atoms with van der Waals surface area (Å²) in [5.74, 6) is -1.03. The molecule has 0 aliphatic carbocycles. The highest BCUT2D eigenvalue weighted by atomic mass is 79.9. The van der Waals surface area contributed by atoms with Gasteiger partial charge in [-0.3, -0.25) is 0 Å². The molecule has 0 fully saturated rings. The lowest BCUT2D eigenvalue weighted by Gasteiger charge is -2.08. The summed E-state index contributed by atoms with van der Waals surface area (Å²) in [5, 5.41) is 7.64. The van der Waals surface area contributed by atoms with Crippen molar-refractivity contribution in [2.24, 2.45) is 10.3 Å². The van der Waals surface area contributed by atoms with Gasteiger partial charge >= 0.3 is 11.9 Å². The Kier molecular flexibility index (Phi) is 7.43. The largest absolute Gasteiger partial charge is 0.331 e. The Hall–Kier alpha value is -2.80. The van der Waals surface area contributed by atoms with Crippen molar-refractivity contribution in [2.75, 3.05) is 0 Å². The minimum Gasteiger partial charge on any atom is -0.319 e. The molecule has 2 aromatic carbocycles. The van der Waals surface area contributed by atoms with Gasteiger partial charge in [0.1, 0.15) is 0 Å². The summed E-state index contributed by atoms with van der Waals surface area (Å²) >= 11 is 3.42. The van der Waals surface area contributed by atoms with Crippen LogP contribution in [0.3, 0.4) is 0 Å². The fourth-order valence-electron chi connectivity index (χ4n) is 2.22. The van der Waals surface area contributed by atoms with Crippen LogP contribution in [0.5, 0.6) is 0 Å². The van der Waals surface area contributed by atoms with E-state index in [1.54, 1.807) is 6.92 Å². The standard InChI is InChI=1S/C20H19BrN2O4/c1-13(22-26-14(2)24)12-20(23-27-15(3)25)18-6-4-16(5-7-18)17-8-10-19(21)11-9-17/h4-11H,12H2,1-3H3/b22-13+,23-20-. The van der Waals surface area contributed by atoms with Gasteiger partial charge < -0.3 is 9.68 Å². The van der Waals surface area contributed by atoms with Gasteiger partial charge in [-0.1, -0.05) is 62.6 Å². The van der Waals surface area contributed by atoms with Crippen molar-refractivity contribution in [3.8, 4) is 11.1 Å². The highest BCUT2D eigenvalue weighted by Crippen LogP contribution is 2.22. The number of nitrogens with zero attached hydrogens (tertiary/aromatic N) is 2. The molecule has 0 saturated carbocycles. The lowest BCUT2D eigenvalue weighted by Crippen LogP contribution is -2.10. The fourth-order valence-corrected chi connectivity index (χ4v) is 2.48. The molecule has 6 nitrogen and oxygen atoms in total. The molecule has 0 spiro atoms. The van der Waals surface area contributed by atoms with E-state index in [4.69, 9.17) is 4.84 Å². The van der Waals surface area contributed by atoms with E-state index in [0.29, 0.717) is 11.4 Å². The summed E-state index contributed by atoms with van der Waals surface area (Å²) in [6, 6.07) is 15.7. The molecule has 0 heterocycles. The summed E-state index contributed by atoms with van der Waals surface area (Å²) in [6.07, 6.45) is 0.262. The second kappa shape index (κ2) is 9.78. The molecular formula is C20H19BrN2O4. The van der Waals surface area contributed by atoms with E-state index in [1.165, 1.54) is 13.8 Å². The summed E-state index contributed by atoms with van der Waals surface area (Å²) in [4.78, 5) is 31.4. The molecule has 0 radical (unpaired) electrons. The number of hydrogen-bond acceptors (Lipinski definition) is 6. The molecule has 0 amide bonds. The first kappa shape index (κ1) is 20.5. The Morgan fingerprint density at radius 2 is 1.30 bits per heavy atom. The smallest absolute Gasteiger partial charge is 0.319 e. The van der Waals surface area contributed by atoms with Crippen LogP contribution in [0.25, 0.3) is 11.1 Å². The summed E-state index contributed by atoms with van der Waals surface area (Å²) in [6.45, 7) is 4.24. The maximum atomic E-state index is 11.1. The Balaban J connectivity index is 2.25. The van der Waals surface area contributed by atoms with Crippen LogP contribution in [0.1, 0.15) is 32.8 Å². The van der Waals surface area contributed by atoms with Crippen LogP contribution in [0, 0.1) is 0 Å².